The Hall–Kier alpha value is -0.600. The summed E-state index contributed by atoms with van der Waals surface area (Å²) in [5, 5.41) is 0. The Kier molecular flexibility index (Phi) is 4.22. The van der Waals surface area contributed by atoms with E-state index in [9.17, 15) is 0 Å². The van der Waals surface area contributed by atoms with Crippen molar-refractivity contribution in [1.82, 2.24) is 0 Å². The summed E-state index contributed by atoms with van der Waals surface area (Å²) in [7, 11) is 0. The minimum atomic E-state index is 0.234. The fourth-order valence-electron chi connectivity index (χ4n) is 2.16. The fourth-order valence-corrected chi connectivity index (χ4v) is 4.16. The predicted molar refractivity (Wildman–Crippen MR) is 89.7 cm³/mol. The van der Waals surface area contributed by atoms with Gasteiger partial charge >= 0.3 is 0 Å². The van der Waals surface area contributed by atoms with E-state index in [-0.39, 0.29) is 5.41 Å². The van der Waals surface area contributed by atoms with E-state index in [0.717, 1.165) is 0 Å². The molecule has 0 amide bonds. The standard InChI is InChI=1S/C17H21BrS/c1-11-6-7-13(12(2)10-11)16(18)14-8-9-15(19-14)17(3,4)5/h6-10,16H,1-5H3. The van der Waals surface area contributed by atoms with Crippen LogP contribution in [-0.2, 0) is 5.41 Å². The molecule has 0 spiro atoms. The summed E-state index contributed by atoms with van der Waals surface area (Å²) in [5.41, 5.74) is 4.28. The van der Waals surface area contributed by atoms with Gasteiger partial charge in [-0.15, -0.1) is 11.3 Å². The van der Waals surface area contributed by atoms with Gasteiger partial charge in [-0.3, -0.25) is 0 Å². The normalized spacial score (nSPS) is 13.6. The summed E-state index contributed by atoms with van der Waals surface area (Å²) in [6.45, 7) is 11.1. The minimum Gasteiger partial charge on any atom is -0.143 e. The largest absolute Gasteiger partial charge is 0.143 e. The van der Waals surface area contributed by atoms with Crippen LogP contribution in [0.15, 0.2) is 30.3 Å². The van der Waals surface area contributed by atoms with Crippen LogP contribution in [0.5, 0.6) is 0 Å². The molecule has 19 heavy (non-hydrogen) atoms. The summed E-state index contributed by atoms with van der Waals surface area (Å²) < 4.78 is 0. The number of hydrogen-bond donors (Lipinski definition) is 0. The zero-order chi connectivity index (χ0) is 14.2. The fraction of sp³-hybridized carbons (Fsp3) is 0.412. The maximum absolute atomic E-state index is 3.86. The first-order valence-corrected chi connectivity index (χ1v) is 8.33. The van der Waals surface area contributed by atoms with E-state index in [1.807, 2.05) is 11.3 Å². The second-order valence-electron chi connectivity index (χ2n) is 6.17. The van der Waals surface area contributed by atoms with Crippen LogP contribution in [0.25, 0.3) is 0 Å². The Morgan fingerprint density at radius 3 is 2.26 bits per heavy atom. The molecule has 2 heteroatoms. The highest BCUT2D eigenvalue weighted by molar-refractivity contribution is 9.09. The number of rotatable bonds is 2. The van der Waals surface area contributed by atoms with Crippen molar-refractivity contribution < 1.29 is 0 Å². The van der Waals surface area contributed by atoms with Crippen molar-refractivity contribution >= 4 is 27.3 Å². The van der Waals surface area contributed by atoms with Crippen LogP contribution in [0.4, 0.5) is 0 Å². The summed E-state index contributed by atoms with van der Waals surface area (Å²) >= 11 is 5.77. The quantitative estimate of drug-likeness (QED) is 0.577. The number of benzene rings is 1. The lowest BCUT2D eigenvalue weighted by Crippen LogP contribution is -2.07. The van der Waals surface area contributed by atoms with Gasteiger partial charge in [-0.2, -0.15) is 0 Å². The van der Waals surface area contributed by atoms with E-state index in [1.54, 1.807) is 0 Å². The first-order valence-electron chi connectivity index (χ1n) is 6.60. The molecular weight excluding hydrogens is 316 g/mol. The highest BCUT2D eigenvalue weighted by Crippen LogP contribution is 2.39. The summed E-state index contributed by atoms with van der Waals surface area (Å²) in [5.74, 6) is 0. The van der Waals surface area contributed by atoms with Crippen molar-refractivity contribution in [3.8, 4) is 0 Å². The predicted octanol–water partition coefficient (Wildman–Crippen LogP) is 6.15. The van der Waals surface area contributed by atoms with Crippen LogP contribution in [0.3, 0.4) is 0 Å². The van der Waals surface area contributed by atoms with E-state index in [2.05, 4.69) is 80.9 Å². The summed E-state index contributed by atoms with van der Waals surface area (Å²) in [6, 6.07) is 11.2. The number of alkyl halides is 1. The molecule has 0 bridgehead atoms. The topological polar surface area (TPSA) is 0 Å². The van der Waals surface area contributed by atoms with Crippen molar-refractivity contribution in [2.45, 2.75) is 44.9 Å². The van der Waals surface area contributed by atoms with E-state index < -0.39 is 0 Å². The van der Waals surface area contributed by atoms with E-state index in [1.165, 1.54) is 26.4 Å². The molecule has 0 radical (unpaired) electrons. The first-order chi connectivity index (χ1) is 8.79. The second-order valence-corrected chi connectivity index (χ2v) is 8.21. The average molecular weight is 337 g/mol. The van der Waals surface area contributed by atoms with E-state index in [0.29, 0.717) is 4.83 Å². The maximum Gasteiger partial charge on any atom is 0.0740 e. The zero-order valence-corrected chi connectivity index (χ0v) is 14.7. The third kappa shape index (κ3) is 3.29. The maximum atomic E-state index is 3.86. The Bertz CT molecular complexity index is 575. The second kappa shape index (κ2) is 5.41. The smallest absolute Gasteiger partial charge is 0.0740 e. The molecule has 0 fully saturated rings. The van der Waals surface area contributed by atoms with Gasteiger partial charge in [0.1, 0.15) is 0 Å². The van der Waals surface area contributed by atoms with Gasteiger partial charge in [-0.05, 0) is 42.5 Å². The summed E-state index contributed by atoms with van der Waals surface area (Å²) in [4.78, 5) is 3.13. The van der Waals surface area contributed by atoms with Gasteiger partial charge in [0, 0.05) is 9.75 Å². The third-order valence-corrected chi connectivity index (χ3v) is 6.18. The molecule has 0 aliphatic rings. The molecule has 1 unspecified atom stereocenters. The number of aryl methyl sites for hydroxylation is 2. The van der Waals surface area contributed by atoms with Crippen molar-refractivity contribution in [3.63, 3.8) is 0 Å². The molecule has 102 valence electrons. The summed E-state index contributed by atoms with van der Waals surface area (Å²) in [6.07, 6.45) is 0. The van der Waals surface area contributed by atoms with E-state index >= 15 is 0 Å². The van der Waals surface area contributed by atoms with Gasteiger partial charge in [-0.25, -0.2) is 0 Å². The van der Waals surface area contributed by atoms with Crippen molar-refractivity contribution in [2.75, 3.05) is 0 Å². The molecule has 1 aromatic heterocycles. The Balaban J connectivity index is 2.34. The highest BCUT2D eigenvalue weighted by Gasteiger charge is 2.20. The molecule has 2 rings (SSSR count). The molecular formula is C17H21BrS. The molecule has 1 aromatic carbocycles. The van der Waals surface area contributed by atoms with Gasteiger partial charge in [0.05, 0.1) is 4.83 Å². The van der Waals surface area contributed by atoms with Crippen molar-refractivity contribution in [2.24, 2.45) is 0 Å². The molecule has 1 atom stereocenters. The number of thiophene rings is 1. The van der Waals surface area contributed by atoms with Crippen LogP contribution in [0.2, 0.25) is 0 Å². The molecule has 0 aliphatic carbocycles. The van der Waals surface area contributed by atoms with Gasteiger partial charge in [0.25, 0.3) is 0 Å². The SMILES string of the molecule is Cc1ccc(C(Br)c2ccc(C(C)(C)C)s2)c(C)c1. The van der Waals surface area contributed by atoms with Gasteiger partial charge in [0.15, 0.2) is 0 Å². The van der Waals surface area contributed by atoms with E-state index in [4.69, 9.17) is 0 Å². The Morgan fingerprint density at radius 1 is 1.05 bits per heavy atom. The molecule has 0 saturated heterocycles. The molecule has 0 N–H and O–H groups in total. The minimum absolute atomic E-state index is 0.234. The molecule has 1 heterocycles. The van der Waals surface area contributed by atoms with Crippen LogP contribution in [0.1, 0.15) is 52.0 Å². The van der Waals surface area contributed by atoms with Crippen LogP contribution in [0, 0.1) is 13.8 Å². The van der Waals surface area contributed by atoms with Crippen LogP contribution in [-0.4, -0.2) is 0 Å². The van der Waals surface area contributed by atoms with Crippen molar-refractivity contribution in [1.29, 1.82) is 0 Å². The molecule has 0 saturated carbocycles. The lowest BCUT2D eigenvalue weighted by atomic mass is 9.95. The monoisotopic (exact) mass is 336 g/mol. The zero-order valence-electron chi connectivity index (χ0n) is 12.3. The average Bonchev–Trinajstić information content (AvgIpc) is 2.76. The highest BCUT2D eigenvalue weighted by atomic mass is 79.9. The number of halogens is 1. The third-order valence-electron chi connectivity index (χ3n) is 3.31. The lowest BCUT2D eigenvalue weighted by Gasteiger charge is -2.16. The van der Waals surface area contributed by atoms with Gasteiger partial charge in [-0.1, -0.05) is 60.5 Å². The van der Waals surface area contributed by atoms with Gasteiger partial charge in [0.2, 0.25) is 0 Å². The number of hydrogen-bond acceptors (Lipinski definition) is 1. The Morgan fingerprint density at radius 2 is 1.74 bits per heavy atom. The molecule has 2 aromatic rings. The van der Waals surface area contributed by atoms with Crippen molar-refractivity contribution in [3.05, 3.63) is 56.8 Å². The van der Waals surface area contributed by atoms with Gasteiger partial charge < -0.3 is 0 Å². The lowest BCUT2D eigenvalue weighted by molar-refractivity contribution is 0.604. The van der Waals surface area contributed by atoms with Crippen LogP contribution < -0.4 is 0 Å². The molecule has 0 aliphatic heterocycles. The first kappa shape index (κ1) is 14.8. The molecule has 0 nitrogen and oxygen atoms in total. The Labute approximate surface area is 129 Å². The van der Waals surface area contributed by atoms with Crippen LogP contribution >= 0.6 is 27.3 Å².